The normalized spacial score (nSPS) is 19.3. The molecule has 0 aromatic heterocycles. The molecule has 2 aliphatic rings. The van der Waals surface area contributed by atoms with Gasteiger partial charge in [-0.15, -0.1) is 0 Å². The standard InChI is InChI=1S/C23H24ClF2N3O2/c1-14-12-29(18-10-20(25)23(24)21(26)11-18)7-6-28(14)13-22(31)27-17-4-2-16-9-19(30)5-3-15(16)8-17/h2,4,8,10-11,14H,3,5-7,9,12-13H2,1H3,(H,27,31)/t14-/m1/s1. The van der Waals surface area contributed by atoms with E-state index in [0.717, 1.165) is 16.8 Å². The number of nitrogens with zero attached hydrogens (tertiary/aromatic N) is 2. The number of hydrogen-bond acceptors (Lipinski definition) is 4. The minimum Gasteiger partial charge on any atom is -0.369 e. The Labute approximate surface area is 185 Å². The fourth-order valence-corrected chi connectivity index (χ4v) is 4.37. The third kappa shape index (κ3) is 4.88. The number of hydrogen-bond donors (Lipinski definition) is 1. The fourth-order valence-electron chi connectivity index (χ4n) is 4.26. The first-order valence-electron chi connectivity index (χ1n) is 10.4. The fraction of sp³-hybridized carbons (Fsp3) is 0.391. The van der Waals surface area contributed by atoms with Crippen LogP contribution in [0.4, 0.5) is 20.2 Å². The molecule has 31 heavy (non-hydrogen) atoms. The van der Waals surface area contributed by atoms with Gasteiger partial charge in [-0.05, 0) is 48.7 Å². The molecule has 1 fully saturated rings. The van der Waals surface area contributed by atoms with Crippen LogP contribution in [0.1, 0.15) is 24.5 Å². The molecule has 0 saturated carbocycles. The lowest BCUT2D eigenvalue weighted by atomic mass is 9.90. The van der Waals surface area contributed by atoms with E-state index in [2.05, 4.69) is 5.32 Å². The van der Waals surface area contributed by atoms with Gasteiger partial charge >= 0.3 is 0 Å². The summed E-state index contributed by atoms with van der Waals surface area (Å²) in [7, 11) is 0. The molecule has 1 amide bonds. The number of halogens is 3. The molecule has 1 N–H and O–H groups in total. The van der Waals surface area contributed by atoms with Gasteiger partial charge in [0.15, 0.2) is 0 Å². The summed E-state index contributed by atoms with van der Waals surface area (Å²) < 4.78 is 27.6. The third-order valence-electron chi connectivity index (χ3n) is 6.00. The van der Waals surface area contributed by atoms with Crippen LogP contribution in [-0.2, 0) is 22.4 Å². The van der Waals surface area contributed by atoms with Crippen molar-refractivity contribution in [1.29, 1.82) is 0 Å². The third-order valence-corrected chi connectivity index (χ3v) is 6.36. The monoisotopic (exact) mass is 447 g/mol. The maximum Gasteiger partial charge on any atom is 0.238 e. The van der Waals surface area contributed by atoms with E-state index in [1.807, 2.05) is 34.9 Å². The van der Waals surface area contributed by atoms with Gasteiger partial charge in [0, 0.05) is 49.9 Å². The van der Waals surface area contributed by atoms with Crippen molar-refractivity contribution in [1.82, 2.24) is 4.90 Å². The molecule has 0 spiro atoms. The smallest absolute Gasteiger partial charge is 0.238 e. The van der Waals surface area contributed by atoms with Gasteiger partial charge in [-0.25, -0.2) is 8.78 Å². The number of anilines is 2. The maximum absolute atomic E-state index is 13.8. The van der Waals surface area contributed by atoms with E-state index >= 15 is 0 Å². The Bertz CT molecular complexity index is 1010. The largest absolute Gasteiger partial charge is 0.369 e. The Hall–Kier alpha value is -2.51. The van der Waals surface area contributed by atoms with Crippen LogP contribution in [0, 0.1) is 11.6 Å². The van der Waals surface area contributed by atoms with Crippen molar-refractivity contribution < 1.29 is 18.4 Å². The summed E-state index contributed by atoms with van der Waals surface area (Å²) in [5.41, 5.74) is 3.33. The summed E-state index contributed by atoms with van der Waals surface area (Å²) in [6.07, 6.45) is 1.73. The number of benzene rings is 2. The van der Waals surface area contributed by atoms with E-state index in [9.17, 15) is 18.4 Å². The summed E-state index contributed by atoms with van der Waals surface area (Å²) in [6, 6.07) is 8.20. The molecule has 164 valence electrons. The van der Waals surface area contributed by atoms with Crippen LogP contribution in [0.2, 0.25) is 5.02 Å². The van der Waals surface area contributed by atoms with Gasteiger partial charge in [0.1, 0.15) is 22.4 Å². The molecular formula is C23H24ClF2N3O2. The number of piperazine rings is 1. The van der Waals surface area contributed by atoms with Crippen molar-refractivity contribution in [2.75, 3.05) is 36.4 Å². The van der Waals surface area contributed by atoms with Gasteiger partial charge in [-0.1, -0.05) is 17.7 Å². The number of Topliss-reactive ketones (excluding diaryl/α,β-unsaturated/α-hetero) is 1. The lowest BCUT2D eigenvalue weighted by molar-refractivity contribution is -0.119. The summed E-state index contributed by atoms with van der Waals surface area (Å²) in [5.74, 6) is -1.42. The van der Waals surface area contributed by atoms with Crippen LogP contribution in [0.25, 0.3) is 0 Å². The number of ketones is 1. The number of fused-ring (bicyclic) bond motifs is 1. The first-order valence-corrected chi connectivity index (χ1v) is 10.7. The Morgan fingerprint density at radius 3 is 2.58 bits per heavy atom. The molecule has 2 aromatic rings. The second-order valence-electron chi connectivity index (χ2n) is 8.24. The number of nitrogens with one attached hydrogen (secondary N) is 1. The van der Waals surface area contributed by atoms with Crippen molar-refractivity contribution in [3.63, 3.8) is 0 Å². The summed E-state index contributed by atoms with van der Waals surface area (Å²) in [5, 5.41) is 2.44. The van der Waals surface area contributed by atoms with E-state index in [1.165, 1.54) is 12.1 Å². The minimum absolute atomic E-state index is 0.0239. The molecule has 0 bridgehead atoms. The summed E-state index contributed by atoms with van der Waals surface area (Å²) >= 11 is 5.57. The highest BCUT2D eigenvalue weighted by atomic mass is 35.5. The second kappa shape index (κ2) is 8.93. The first kappa shape index (κ1) is 21.7. The average molecular weight is 448 g/mol. The number of carbonyl (C=O) groups is 2. The predicted octanol–water partition coefficient (Wildman–Crippen LogP) is 3.83. The molecule has 1 saturated heterocycles. The zero-order valence-electron chi connectivity index (χ0n) is 17.3. The molecule has 1 aliphatic carbocycles. The molecule has 5 nitrogen and oxygen atoms in total. The summed E-state index contributed by atoms with van der Waals surface area (Å²) in [4.78, 5) is 28.1. The molecular weight excluding hydrogens is 424 g/mol. The van der Waals surface area contributed by atoms with Crippen LogP contribution < -0.4 is 10.2 Å². The summed E-state index contributed by atoms with van der Waals surface area (Å²) in [6.45, 7) is 3.89. The number of amides is 1. The molecule has 0 unspecified atom stereocenters. The highest BCUT2D eigenvalue weighted by Crippen LogP contribution is 2.27. The predicted molar refractivity (Wildman–Crippen MR) is 117 cm³/mol. The first-order chi connectivity index (χ1) is 14.8. The lowest BCUT2D eigenvalue weighted by Gasteiger charge is -2.40. The lowest BCUT2D eigenvalue weighted by Crippen LogP contribution is -2.53. The van der Waals surface area contributed by atoms with E-state index in [0.29, 0.717) is 44.6 Å². The molecule has 2 aromatic carbocycles. The van der Waals surface area contributed by atoms with E-state index in [-0.39, 0.29) is 24.3 Å². The molecule has 0 radical (unpaired) electrons. The van der Waals surface area contributed by atoms with Crippen molar-refractivity contribution in [3.05, 3.63) is 58.1 Å². The Morgan fingerprint density at radius 1 is 1.13 bits per heavy atom. The Morgan fingerprint density at radius 2 is 1.87 bits per heavy atom. The van der Waals surface area contributed by atoms with Crippen LogP contribution in [0.5, 0.6) is 0 Å². The number of carbonyl (C=O) groups excluding carboxylic acids is 2. The van der Waals surface area contributed by atoms with E-state index in [1.54, 1.807) is 0 Å². The number of rotatable bonds is 4. The highest BCUT2D eigenvalue weighted by Gasteiger charge is 2.26. The van der Waals surface area contributed by atoms with Crippen LogP contribution in [0.3, 0.4) is 0 Å². The van der Waals surface area contributed by atoms with E-state index < -0.39 is 16.7 Å². The van der Waals surface area contributed by atoms with Gasteiger partial charge in [-0.3, -0.25) is 14.5 Å². The van der Waals surface area contributed by atoms with Crippen molar-refractivity contribution in [2.45, 2.75) is 32.2 Å². The molecule has 1 aliphatic heterocycles. The van der Waals surface area contributed by atoms with E-state index in [4.69, 9.17) is 11.6 Å². The van der Waals surface area contributed by atoms with Gasteiger partial charge < -0.3 is 10.2 Å². The van der Waals surface area contributed by atoms with Crippen LogP contribution in [0.15, 0.2) is 30.3 Å². The second-order valence-corrected chi connectivity index (χ2v) is 8.61. The van der Waals surface area contributed by atoms with Crippen LogP contribution >= 0.6 is 11.6 Å². The highest BCUT2D eigenvalue weighted by molar-refractivity contribution is 6.31. The molecule has 1 atom stereocenters. The maximum atomic E-state index is 13.8. The minimum atomic E-state index is -0.777. The van der Waals surface area contributed by atoms with Gasteiger partial charge in [0.2, 0.25) is 5.91 Å². The van der Waals surface area contributed by atoms with Crippen molar-refractivity contribution in [3.8, 4) is 0 Å². The average Bonchev–Trinajstić information content (AvgIpc) is 2.73. The zero-order chi connectivity index (χ0) is 22.1. The van der Waals surface area contributed by atoms with Gasteiger partial charge in [0.25, 0.3) is 0 Å². The van der Waals surface area contributed by atoms with Gasteiger partial charge in [0.05, 0.1) is 6.54 Å². The topological polar surface area (TPSA) is 52.6 Å². The molecule has 1 heterocycles. The Kier molecular flexibility index (Phi) is 6.25. The van der Waals surface area contributed by atoms with Gasteiger partial charge in [-0.2, -0.15) is 0 Å². The number of aryl methyl sites for hydroxylation is 1. The van der Waals surface area contributed by atoms with Crippen molar-refractivity contribution in [2.24, 2.45) is 0 Å². The van der Waals surface area contributed by atoms with Crippen LogP contribution in [-0.4, -0.2) is 48.8 Å². The molecule has 4 rings (SSSR count). The quantitative estimate of drug-likeness (QED) is 0.724. The molecule has 8 heteroatoms. The zero-order valence-corrected chi connectivity index (χ0v) is 18.0. The van der Waals surface area contributed by atoms with Crippen molar-refractivity contribution >= 4 is 34.7 Å². The SMILES string of the molecule is C[C@@H]1CN(c2cc(F)c(Cl)c(F)c2)CCN1CC(=O)Nc1ccc2c(c1)CCC(=O)C2. The Balaban J connectivity index is 1.34.